The molecule has 0 unspecified atom stereocenters. The Bertz CT molecular complexity index is 1550. The van der Waals surface area contributed by atoms with E-state index in [0.29, 0.717) is 18.3 Å². The van der Waals surface area contributed by atoms with Crippen LogP contribution >= 0.6 is 0 Å². The number of carbonyl (C=O) groups is 1. The molecule has 0 amide bonds. The van der Waals surface area contributed by atoms with E-state index in [9.17, 15) is 9.90 Å². The van der Waals surface area contributed by atoms with Crippen LogP contribution in [0.15, 0.2) is 55.0 Å². The Morgan fingerprint density at radius 3 is 2.83 bits per heavy atom. The molecule has 10 heteroatoms. The summed E-state index contributed by atoms with van der Waals surface area (Å²) in [7, 11) is 0. The van der Waals surface area contributed by atoms with Gasteiger partial charge in [0.2, 0.25) is 0 Å². The Kier molecular flexibility index (Phi) is 8.41. The van der Waals surface area contributed by atoms with Crippen molar-refractivity contribution >= 4 is 34.3 Å². The van der Waals surface area contributed by atoms with Crippen molar-refractivity contribution < 1.29 is 9.90 Å². The molecule has 0 spiro atoms. The summed E-state index contributed by atoms with van der Waals surface area (Å²) in [6, 6.07) is 13.6. The Labute approximate surface area is 246 Å². The molecule has 10 nitrogen and oxygen atoms in total. The summed E-state index contributed by atoms with van der Waals surface area (Å²) in [6.45, 7) is 5.45. The quantitative estimate of drug-likeness (QED) is 0.220. The van der Waals surface area contributed by atoms with Gasteiger partial charge in [-0.3, -0.25) is 15.1 Å². The minimum absolute atomic E-state index is 0.194. The number of benzene rings is 1. The topological polar surface area (TPSA) is 128 Å². The van der Waals surface area contributed by atoms with E-state index in [0.717, 1.165) is 79.0 Å². The second-order valence-corrected chi connectivity index (χ2v) is 11.1. The number of fused-ring (bicyclic) bond motifs is 2. The summed E-state index contributed by atoms with van der Waals surface area (Å²) in [5.74, 6) is 2.18. The zero-order valence-electron chi connectivity index (χ0n) is 24.0. The molecule has 218 valence electrons. The lowest BCUT2D eigenvalue weighted by molar-refractivity contribution is -0.139. The van der Waals surface area contributed by atoms with E-state index in [-0.39, 0.29) is 6.54 Å². The van der Waals surface area contributed by atoms with Crippen LogP contribution in [0.3, 0.4) is 0 Å². The third-order valence-electron chi connectivity index (χ3n) is 8.38. The molecule has 2 aliphatic rings. The van der Waals surface area contributed by atoms with Gasteiger partial charge in [-0.25, -0.2) is 15.0 Å². The number of pyridine rings is 2. The molecule has 0 radical (unpaired) electrons. The normalized spacial score (nSPS) is 16.1. The number of anilines is 3. The number of aromatic nitrogens is 4. The van der Waals surface area contributed by atoms with Crippen molar-refractivity contribution in [3.8, 4) is 0 Å². The average molecular weight is 567 g/mol. The maximum absolute atomic E-state index is 12.1. The molecule has 4 N–H and O–H groups in total. The standard InChI is InChI=1S/C32H38N8O2/c1-2-25-30(36-19-28(32(41)42)35-18-21-16-24-6-3-4-8-26(24)34-17-21)37-20-38-31(25)40-14-11-22(12-15-40)27-10-9-23-7-5-13-33-29(23)39-27/h3-4,6,8-10,16-17,20,22,28,35H,2,5,7,11-15,18-19H2,1H3,(H,33,39)(H,41,42)(H,36,37,38)/t28-/m0/s1. The van der Waals surface area contributed by atoms with E-state index in [4.69, 9.17) is 4.98 Å². The number of rotatable bonds is 10. The van der Waals surface area contributed by atoms with Crippen molar-refractivity contribution in [2.45, 2.75) is 57.5 Å². The van der Waals surface area contributed by atoms with Gasteiger partial charge < -0.3 is 20.6 Å². The van der Waals surface area contributed by atoms with Crippen molar-refractivity contribution in [3.63, 3.8) is 0 Å². The molecule has 1 fully saturated rings. The highest BCUT2D eigenvalue weighted by Crippen LogP contribution is 2.33. The molecule has 0 aliphatic carbocycles. The largest absolute Gasteiger partial charge is 0.480 e. The highest BCUT2D eigenvalue weighted by Gasteiger charge is 2.26. The molecule has 5 heterocycles. The van der Waals surface area contributed by atoms with E-state index in [1.807, 2.05) is 30.3 Å². The number of piperidine rings is 1. The minimum atomic E-state index is -0.920. The molecular formula is C32H38N8O2. The number of aryl methyl sites for hydroxylation is 1. The number of aliphatic carboxylic acids is 1. The first-order valence-corrected chi connectivity index (χ1v) is 14.9. The first-order valence-electron chi connectivity index (χ1n) is 14.9. The second-order valence-electron chi connectivity index (χ2n) is 11.1. The van der Waals surface area contributed by atoms with Crippen LogP contribution in [0.4, 0.5) is 17.5 Å². The van der Waals surface area contributed by atoms with Gasteiger partial charge in [0.1, 0.15) is 29.8 Å². The maximum Gasteiger partial charge on any atom is 0.322 e. The predicted octanol–water partition coefficient (Wildman–Crippen LogP) is 4.38. The number of para-hydroxylation sites is 1. The van der Waals surface area contributed by atoms with Gasteiger partial charge in [-0.15, -0.1) is 0 Å². The van der Waals surface area contributed by atoms with Crippen molar-refractivity contribution in [2.75, 3.05) is 41.7 Å². The van der Waals surface area contributed by atoms with Gasteiger partial charge in [-0.1, -0.05) is 31.2 Å². The van der Waals surface area contributed by atoms with E-state index < -0.39 is 12.0 Å². The van der Waals surface area contributed by atoms with Crippen LogP contribution in [0.5, 0.6) is 0 Å². The minimum Gasteiger partial charge on any atom is -0.480 e. The lowest BCUT2D eigenvalue weighted by Gasteiger charge is -2.34. The molecule has 1 saturated heterocycles. The fourth-order valence-corrected chi connectivity index (χ4v) is 6.01. The maximum atomic E-state index is 12.1. The highest BCUT2D eigenvalue weighted by molar-refractivity contribution is 5.79. The zero-order chi connectivity index (χ0) is 28.9. The third-order valence-corrected chi connectivity index (χ3v) is 8.38. The Morgan fingerprint density at radius 1 is 1.14 bits per heavy atom. The van der Waals surface area contributed by atoms with Crippen molar-refractivity contribution in [3.05, 3.63) is 77.4 Å². The van der Waals surface area contributed by atoms with Gasteiger partial charge in [-0.05, 0) is 61.4 Å². The number of hydrogen-bond acceptors (Lipinski definition) is 9. The molecule has 42 heavy (non-hydrogen) atoms. The van der Waals surface area contributed by atoms with Crippen LogP contribution in [0.1, 0.15) is 54.5 Å². The van der Waals surface area contributed by atoms with E-state index in [1.54, 1.807) is 12.5 Å². The zero-order valence-corrected chi connectivity index (χ0v) is 24.0. The molecule has 1 aromatic carbocycles. The molecule has 2 aliphatic heterocycles. The predicted molar refractivity (Wildman–Crippen MR) is 165 cm³/mol. The lowest BCUT2D eigenvalue weighted by Crippen LogP contribution is -2.42. The first-order chi connectivity index (χ1) is 20.6. The monoisotopic (exact) mass is 566 g/mol. The van der Waals surface area contributed by atoms with Crippen molar-refractivity contribution in [1.82, 2.24) is 25.3 Å². The van der Waals surface area contributed by atoms with Gasteiger partial charge in [0.05, 0.1) is 5.52 Å². The summed E-state index contributed by atoms with van der Waals surface area (Å²) in [4.78, 5) is 33.0. The summed E-state index contributed by atoms with van der Waals surface area (Å²) >= 11 is 0. The highest BCUT2D eigenvalue weighted by atomic mass is 16.4. The number of nitrogens with zero attached hydrogens (tertiary/aromatic N) is 5. The number of hydrogen-bond donors (Lipinski definition) is 4. The van der Waals surface area contributed by atoms with Gasteiger partial charge in [0.25, 0.3) is 0 Å². The van der Waals surface area contributed by atoms with Gasteiger partial charge in [-0.2, -0.15) is 0 Å². The van der Waals surface area contributed by atoms with E-state index in [1.165, 1.54) is 17.7 Å². The summed E-state index contributed by atoms with van der Waals surface area (Å²) < 4.78 is 0. The van der Waals surface area contributed by atoms with Crippen molar-refractivity contribution in [2.24, 2.45) is 0 Å². The first kappa shape index (κ1) is 27.8. The summed E-state index contributed by atoms with van der Waals surface area (Å²) in [5.41, 5.74) is 5.36. The molecule has 1 atom stereocenters. The molecule has 4 aromatic rings. The smallest absolute Gasteiger partial charge is 0.322 e. The fourth-order valence-electron chi connectivity index (χ4n) is 6.01. The van der Waals surface area contributed by atoms with Crippen LogP contribution < -0.4 is 20.9 Å². The van der Waals surface area contributed by atoms with Crippen molar-refractivity contribution in [1.29, 1.82) is 0 Å². The number of carboxylic acid groups (broad SMARTS) is 1. The summed E-state index contributed by atoms with van der Waals surface area (Å²) in [6.07, 6.45) is 8.39. The number of nitrogens with one attached hydrogen (secondary N) is 3. The molecule has 0 saturated carbocycles. The Hall–Kier alpha value is -4.31. The number of carboxylic acids is 1. The van der Waals surface area contributed by atoms with Crippen LogP contribution in [0.2, 0.25) is 0 Å². The molecular weight excluding hydrogens is 528 g/mol. The SMILES string of the molecule is CCc1c(NC[C@H](NCc2cnc3ccccc3c2)C(=O)O)ncnc1N1CCC(c2ccc3c(n2)NCCC3)CC1. The Balaban J connectivity index is 1.08. The third kappa shape index (κ3) is 6.13. The second kappa shape index (κ2) is 12.7. The van der Waals surface area contributed by atoms with Crippen LogP contribution in [-0.4, -0.2) is 63.2 Å². The van der Waals surface area contributed by atoms with Crippen LogP contribution in [0.25, 0.3) is 10.9 Å². The Morgan fingerprint density at radius 2 is 2.00 bits per heavy atom. The van der Waals surface area contributed by atoms with E-state index >= 15 is 0 Å². The molecule has 3 aromatic heterocycles. The average Bonchev–Trinajstić information content (AvgIpc) is 3.04. The molecule has 6 rings (SSSR count). The summed E-state index contributed by atoms with van der Waals surface area (Å²) in [5, 5.41) is 20.9. The van der Waals surface area contributed by atoms with E-state index in [2.05, 4.69) is 54.9 Å². The van der Waals surface area contributed by atoms with Crippen LogP contribution in [0, 0.1) is 0 Å². The van der Waals surface area contributed by atoms with Gasteiger partial charge in [0, 0.05) is 61.5 Å². The fraction of sp³-hybridized carbons (Fsp3) is 0.406. The lowest BCUT2D eigenvalue weighted by atomic mass is 9.92. The van der Waals surface area contributed by atoms with Gasteiger partial charge in [0.15, 0.2) is 0 Å². The van der Waals surface area contributed by atoms with Gasteiger partial charge >= 0.3 is 5.97 Å². The van der Waals surface area contributed by atoms with Crippen LogP contribution in [-0.2, 0) is 24.2 Å². The molecule has 0 bridgehead atoms.